The number of esters is 1. The molecule has 0 fully saturated rings. The van der Waals surface area contributed by atoms with Gasteiger partial charge >= 0.3 is 23.6 Å². The highest BCUT2D eigenvalue weighted by Gasteiger charge is 2.28. The summed E-state index contributed by atoms with van der Waals surface area (Å²) in [4.78, 5) is 47.2. The summed E-state index contributed by atoms with van der Waals surface area (Å²) in [5, 5.41) is 33.8. The first kappa shape index (κ1) is 32.0. The molecule has 222 valence electrons. The lowest BCUT2D eigenvalue weighted by Crippen LogP contribution is -2.26. The molecule has 0 saturated carbocycles. The average molecular weight is 608 g/mol. The number of ether oxygens (including phenoxy) is 2. The van der Waals surface area contributed by atoms with Gasteiger partial charge in [-0.2, -0.15) is 0 Å². The van der Waals surface area contributed by atoms with E-state index in [2.05, 4.69) is 19.8 Å². The maximum Gasteiger partial charge on any atom is 0.307 e. The van der Waals surface area contributed by atoms with Crippen LogP contribution in [0.1, 0.15) is 18.9 Å². The van der Waals surface area contributed by atoms with Crippen LogP contribution in [-0.4, -0.2) is 42.5 Å². The fourth-order valence-corrected chi connectivity index (χ4v) is 4.39. The van der Waals surface area contributed by atoms with Gasteiger partial charge in [0.1, 0.15) is 11.4 Å². The molecule has 0 saturated heterocycles. The molecule has 0 radical (unpaired) electrons. The van der Waals surface area contributed by atoms with Gasteiger partial charge < -0.3 is 19.7 Å². The monoisotopic (exact) mass is 607 g/mol. The molecule has 0 aliphatic rings. The van der Waals surface area contributed by atoms with Crippen LogP contribution in [0, 0.1) is 26.8 Å². The van der Waals surface area contributed by atoms with E-state index in [-0.39, 0.29) is 40.7 Å². The Balaban J connectivity index is 2.15. The minimum atomic E-state index is -0.852. The van der Waals surface area contributed by atoms with Crippen molar-refractivity contribution < 1.29 is 28.9 Å². The highest BCUT2D eigenvalue weighted by molar-refractivity contribution is 8.01. The summed E-state index contributed by atoms with van der Waals surface area (Å²) in [5.74, 6) is -0.593. The number of nitrogens with zero attached hydrogens (tertiary/aromatic N) is 6. The molecule has 0 heterocycles. The smallest absolute Gasteiger partial charge is 0.307 e. The van der Waals surface area contributed by atoms with Crippen LogP contribution in [0.4, 0.5) is 34.1 Å². The third kappa shape index (κ3) is 8.47. The molecule has 1 amide bonds. The molecule has 15 nitrogen and oxygen atoms in total. The minimum Gasteiger partial charge on any atom is -0.494 e. The topological polar surface area (TPSA) is 183 Å². The lowest BCUT2D eigenvalue weighted by molar-refractivity contribution is -0.395. The number of hydrogen-bond donors (Lipinski definition) is 1. The van der Waals surface area contributed by atoms with E-state index in [0.717, 1.165) is 11.6 Å². The predicted octanol–water partition coefficient (Wildman–Crippen LogP) is 6.38. The molecule has 0 aliphatic carbocycles. The summed E-state index contributed by atoms with van der Waals surface area (Å²) >= 11 is 0.428. The van der Waals surface area contributed by atoms with Crippen LogP contribution in [0.3, 0.4) is 0 Å². The van der Waals surface area contributed by atoms with Crippen LogP contribution in [0.5, 0.6) is 5.75 Å². The van der Waals surface area contributed by atoms with Crippen molar-refractivity contribution in [3.63, 3.8) is 0 Å². The predicted molar refractivity (Wildman–Crippen MR) is 158 cm³/mol. The number of nitro groups is 2. The SMILES string of the molecule is [C-]#[N+]Sc1cc(N=Nc2cc(OC)c(N(CCC(=O)OC)Cc3ccccc3)cc2NC(C)=O)c([N+](=O)[O-])cc1[N+](=O)[O-]. The number of nitro benzene ring substituents is 2. The van der Waals surface area contributed by atoms with Crippen LogP contribution >= 0.6 is 11.9 Å². The van der Waals surface area contributed by atoms with Gasteiger partial charge in [0.05, 0.1) is 47.9 Å². The summed E-state index contributed by atoms with van der Waals surface area (Å²) in [6.45, 7) is 8.92. The molecule has 0 aliphatic heterocycles. The van der Waals surface area contributed by atoms with Gasteiger partial charge in [-0.15, -0.1) is 10.2 Å². The van der Waals surface area contributed by atoms with Gasteiger partial charge in [-0.1, -0.05) is 30.3 Å². The number of carbonyl (C=O) groups is 2. The molecule has 0 spiro atoms. The summed E-state index contributed by atoms with van der Waals surface area (Å²) in [7, 11) is 2.70. The Kier molecular flexibility index (Phi) is 11.1. The summed E-state index contributed by atoms with van der Waals surface area (Å²) in [6.07, 6.45) is 0.0538. The number of rotatable bonds is 13. The van der Waals surface area contributed by atoms with Gasteiger partial charge in [-0.3, -0.25) is 29.8 Å². The average Bonchev–Trinajstić information content (AvgIpc) is 2.98. The maximum atomic E-state index is 12.1. The van der Waals surface area contributed by atoms with Crippen molar-refractivity contribution in [2.45, 2.75) is 24.8 Å². The van der Waals surface area contributed by atoms with E-state index >= 15 is 0 Å². The van der Waals surface area contributed by atoms with Crippen LogP contribution in [-0.2, 0) is 20.9 Å². The zero-order valence-electron chi connectivity index (χ0n) is 23.2. The highest BCUT2D eigenvalue weighted by atomic mass is 32.2. The number of benzene rings is 3. The first-order valence-electron chi connectivity index (χ1n) is 12.4. The van der Waals surface area contributed by atoms with Crippen molar-refractivity contribution in [2.75, 3.05) is 31.0 Å². The summed E-state index contributed by atoms with van der Waals surface area (Å²) in [5.41, 5.74) is -0.0254. The van der Waals surface area contributed by atoms with Gasteiger partial charge in [0.25, 0.3) is 5.69 Å². The van der Waals surface area contributed by atoms with E-state index in [1.807, 2.05) is 35.2 Å². The van der Waals surface area contributed by atoms with Crippen molar-refractivity contribution in [3.05, 3.63) is 91.2 Å². The van der Waals surface area contributed by atoms with E-state index in [9.17, 15) is 29.8 Å². The second kappa shape index (κ2) is 14.9. The molecular weight excluding hydrogens is 582 g/mol. The number of carbonyl (C=O) groups excluding carboxylic acids is 2. The van der Waals surface area contributed by atoms with Crippen molar-refractivity contribution >= 4 is 57.9 Å². The molecule has 0 unspecified atom stereocenters. The second-order valence-electron chi connectivity index (χ2n) is 8.66. The molecule has 3 aromatic carbocycles. The highest BCUT2D eigenvalue weighted by Crippen LogP contribution is 2.43. The Labute approximate surface area is 249 Å². The van der Waals surface area contributed by atoms with Gasteiger partial charge in [0, 0.05) is 32.1 Å². The first-order chi connectivity index (χ1) is 20.6. The van der Waals surface area contributed by atoms with Crippen LogP contribution < -0.4 is 15.0 Å². The number of anilines is 2. The third-order valence-corrected chi connectivity index (χ3v) is 6.45. The molecule has 1 N–H and O–H groups in total. The van der Waals surface area contributed by atoms with Gasteiger partial charge in [0.15, 0.2) is 10.6 Å². The number of nitrogens with one attached hydrogen (secondary N) is 1. The molecule has 16 heteroatoms. The van der Waals surface area contributed by atoms with Crippen molar-refractivity contribution in [1.82, 2.24) is 0 Å². The Morgan fingerprint density at radius 2 is 1.70 bits per heavy atom. The fraction of sp³-hybridized carbons (Fsp3) is 0.222. The van der Waals surface area contributed by atoms with E-state index < -0.39 is 33.1 Å². The Morgan fingerprint density at radius 1 is 1.02 bits per heavy atom. The Hall–Kier alpha value is -5.56. The Morgan fingerprint density at radius 3 is 2.28 bits per heavy atom. The minimum absolute atomic E-state index is 0.0514. The van der Waals surface area contributed by atoms with E-state index in [4.69, 9.17) is 16.0 Å². The first-order valence-corrected chi connectivity index (χ1v) is 13.1. The zero-order chi connectivity index (χ0) is 31.5. The van der Waals surface area contributed by atoms with Gasteiger partial charge in [-0.05, 0) is 11.6 Å². The number of hydrogen-bond acceptors (Lipinski definition) is 12. The molecule has 3 rings (SSSR count). The quantitative estimate of drug-likeness (QED) is 0.0571. The Bertz CT molecular complexity index is 1610. The van der Waals surface area contributed by atoms with Crippen molar-refractivity contribution in [3.8, 4) is 5.75 Å². The normalized spacial score (nSPS) is 10.6. The molecule has 0 atom stereocenters. The molecule has 0 bridgehead atoms. The molecule has 43 heavy (non-hydrogen) atoms. The molecular formula is C27H25N7O8S. The van der Waals surface area contributed by atoms with Crippen molar-refractivity contribution in [1.29, 1.82) is 0 Å². The van der Waals surface area contributed by atoms with Crippen LogP contribution in [0.15, 0.2) is 69.7 Å². The third-order valence-electron chi connectivity index (χ3n) is 5.84. The fourth-order valence-electron chi connectivity index (χ4n) is 3.90. The summed E-state index contributed by atoms with van der Waals surface area (Å²) < 4.78 is 13.5. The zero-order valence-corrected chi connectivity index (χ0v) is 24.0. The largest absolute Gasteiger partial charge is 0.494 e. The standard InChI is InChI=1S/C27H25N7O8S/c1-17(35)29-19-12-23(32(11-10-27(36)42-4)16-18-8-6-5-7-9-18)25(41-3)13-20(19)30-31-21-14-26(43-28-2)24(34(39)40)15-22(21)33(37)38/h5-9,12-15H,10-11,16H2,1,3-4H3,(H,29,35). The number of methoxy groups -OCH3 is 2. The second-order valence-corrected chi connectivity index (χ2v) is 9.47. The van der Waals surface area contributed by atoms with E-state index in [0.29, 0.717) is 30.2 Å². The van der Waals surface area contributed by atoms with Crippen LogP contribution in [0.2, 0.25) is 0 Å². The van der Waals surface area contributed by atoms with E-state index in [1.165, 1.54) is 27.2 Å². The number of amides is 1. The summed E-state index contributed by atoms with van der Waals surface area (Å²) in [6, 6.07) is 14.2. The van der Waals surface area contributed by atoms with Gasteiger partial charge in [0.2, 0.25) is 5.91 Å². The molecule has 3 aromatic rings. The van der Waals surface area contributed by atoms with Crippen molar-refractivity contribution in [2.24, 2.45) is 10.2 Å². The lowest BCUT2D eigenvalue weighted by Gasteiger charge is -2.27. The van der Waals surface area contributed by atoms with Crippen LogP contribution in [0.25, 0.3) is 4.25 Å². The maximum absolute atomic E-state index is 12.1. The van der Waals surface area contributed by atoms with E-state index in [1.54, 1.807) is 6.07 Å². The van der Waals surface area contributed by atoms with Gasteiger partial charge in [-0.25, -0.2) is 10.8 Å². The number of azo groups is 1. The molecule has 0 aromatic heterocycles. The lowest BCUT2D eigenvalue weighted by atomic mass is 10.1.